The van der Waals surface area contributed by atoms with Crippen LogP contribution in [0.4, 0.5) is 0 Å². The lowest BCUT2D eigenvalue weighted by Gasteiger charge is -2.04. The fourth-order valence-corrected chi connectivity index (χ4v) is 2.13. The predicted octanol–water partition coefficient (Wildman–Crippen LogP) is 0.760. The van der Waals surface area contributed by atoms with Crippen LogP contribution in [0, 0.1) is 0 Å². The van der Waals surface area contributed by atoms with E-state index in [4.69, 9.17) is 0 Å². The Morgan fingerprint density at radius 2 is 2.47 bits per heavy atom. The lowest BCUT2D eigenvalue weighted by Crippen LogP contribution is -2.32. The number of hydrogen-bond acceptors (Lipinski definition) is 4. The van der Waals surface area contributed by atoms with Gasteiger partial charge in [0, 0.05) is 6.54 Å². The van der Waals surface area contributed by atoms with Crippen LogP contribution in [0.25, 0.3) is 10.2 Å². The molecule has 0 aliphatic rings. The third-order valence-corrected chi connectivity index (χ3v) is 3.03. The number of hydrogen-bond donors (Lipinski definition) is 1. The summed E-state index contributed by atoms with van der Waals surface area (Å²) in [5, 5.41) is 4.96. The van der Waals surface area contributed by atoms with Crippen LogP contribution in [-0.4, -0.2) is 22.0 Å². The van der Waals surface area contributed by atoms with Crippen molar-refractivity contribution in [3.8, 4) is 0 Å². The number of carbonyl (C=O) groups excluding carboxylic acids is 1. The standard InChI is InChI=1S/C11H11N3O2S/c1-2-4-12-9(15)6-14-7-13-10-8(11(14)16)3-5-17-10/h2-3,5,7H,1,4,6H2,(H,12,15). The van der Waals surface area contributed by atoms with Crippen molar-refractivity contribution in [1.82, 2.24) is 14.9 Å². The monoisotopic (exact) mass is 249 g/mol. The molecule has 0 unspecified atom stereocenters. The molecule has 1 N–H and O–H groups in total. The highest BCUT2D eigenvalue weighted by molar-refractivity contribution is 7.16. The van der Waals surface area contributed by atoms with E-state index in [-0.39, 0.29) is 18.0 Å². The average Bonchev–Trinajstić information content (AvgIpc) is 2.79. The van der Waals surface area contributed by atoms with E-state index < -0.39 is 0 Å². The Balaban J connectivity index is 2.24. The molecule has 0 spiro atoms. The highest BCUT2D eigenvalue weighted by Crippen LogP contribution is 2.12. The molecular formula is C11H11N3O2S. The zero-order valence-corrected chi connectivity index (χ0v) is 9.87. The van der Waals surface area contributed by atoms with E-state index >= 15 is 0 Å². The molecule has 0 radical (unpaired) electrons. The summed E-state index contributed by atoms with van der Waals surface area (Å²) in [7, 11) is 0. The maximum absolute atomic E-state index is 11.9. The highest BCUT2D eigenvalue weighted by Gasteiger charge is 2.07. The van der Waals surface area contributed by atoms with Crippen molar-refractivity contribution in [3.63, 3.8) is 0 Å². The minimum atomic E-state index is -0.233. The van der Waals surface area contributed by atoms with Gasteiger partial charge in [0.15, 0.2) is 0 Å². The first-order valence-corrected chi connectivity index (χ1v) is 5.90. The van der Waals surface area contributed by atoms with E-state index in [1.165, 1.54) is 22.2 Å². The van der Waals surface area contributed by atoms with Gasteiger partial charge in [-0.1, -0.05) is 6.08 Å². The van der Waals surface area contributed by atoms with Gasteiger partial charge in [0.1, 0.15) is 11.4 Å². The molecule has 6 heteroatoms. The first-order valence-electron chi connectivity index (χ1n) is 5.02. The van der Waals surface area contributed by atoms with Gasteiger partial charge in [0.25, 0.3) is 5.56 Å². The quantitative estimate of drug-likeness (QED) is 0.814. The molecular weight excluding hydrogens is 238 g/mol. The molecule has 0 fully saturated rings. The van der Waals surface area contributed by atoms with E-state index in [0.717, 1.165) is 0 Å². The Kier molecular flexibility index (Phi) is 3.34. The molecule has 2 aromatic heterocycles. The summed E-state index contributed by atoms with van der Waals surface area (Å²) in [6, 6.07) is 1.72. The van der Waals surface area contributed by atoms with Crippen LogP contribution in [0.3, 0.4) is 0 Å². The van der Waals surface area contributed by atoms with Crippen LogP contribution < -0.4 is 10.9 Å². The summed E-state index contributed by atoms with van der Waals surface area (Å²) in [5.41, 5.74) is -0.190. The van der Waals surface area contributed by atoms with E-state index in [1.54, 1.807) is 17.5 Å². The second-order valence-electron chi connectivity index (χ2n) is 3.41. The minimum absolute atomic E-state index is 0.0224. The van der Waals surface area contributed by atoms with Gasteiger partial charge in [-0.25, -0.2) is 4.98 Å². The smallest absolute Gasteiger partial charge is 0.262 e. The van der Waals surface area contributed by atoms with Crippen molar-refractivity contribution in [3.05, 3.63) is 40.8 Å². The summed E-state index contributed by atoms with van der Waals surface area (Å²) in [4.78, 5) is 28.2. The first-order chi connectivity index (χ1) is 8.22. The minimum Gasteiger partial charge on any atom is -0.351 e. The lowest BCUT2D eigenvalue weighted by atomic mass is 10.4. The molecule has 0 aromatic carbocycles. The van der Waals surface area contributed by atoms with E-state index in [9.17, 15) is 9.59 Å². The van der Waals surface area contributed by atoms with Crippen LogP contribution in [0.5, 0.6) is 0 Å². The van der Waals surface area contributed by atoms with Crippen LogP contribution in [0.2, 0.25) is 0 Å². The summed E-state index contributed by atoms with van der Waals surface area (Å²) in [5.74, 6) is -0.233. The molecule has 88 valence electrons. The molecule has 0 saturated carbocycles. The second kappa shape index (κ2) is 4.92. The zero-order chi connectivity index (χ0) is 12.3. The third kappa shape index (κ3) is 2.42. The maximum Gasteiger partial charge on any atom is 0.262 e. The van der Waals surface area contributed by atoms with E-state index in [2.05, 4.69) is 16.9 Å². The molecule has 0 aliphatic carbocycles. The summed E-state index contributed by atoms with van der Waals surface area (Å²) in [6.07, 6.45) is 2.98. The zero-order valence-electron chi connectivity index (χ0n) is 9.05. The predicted molar refractivity (Wildman–Crippen MR) is 67.1 cm³/mol. The molecule has 0 bridgehead atoms. The van der Waals surface area contributed by atoms with Gasteiger partial charge < -0.3 is 5.32 Å². The Morgan fingerprint density at radius 1 is 1.65 bits per heavy atom. The van der Waals surface area contributed by atoms with Gasteiger partial charge in [-0.2, -0.15) is 0 Å². The molecule has 0 atom stereocenters. The summed E-state index contributed by atoms with van der Waals surface area (Å²) < 4.78 is 1.30. The number of fused-ring (bicyclic) bond motifs is 1. The molecule has 2 aromatic rings. The molecule has 17 heavy (non-hydrogen) atoms. The number of amides is 1. The molecule has 5 nitrogen and oxygen atoms in total. The molecule has 2 heterocycles. The SMILES string of the molecule is C=CCNC(=O)Cn1cnc2sccc2c1=O. The van der Waals surface area contributed by atoms with Crippen molar-refractivity contribution >= 4 is 27.5 Å². The number of thiophene rings is 1. The van der Waals surface area contributed by atoms with Crippen molar-refractivity contribution in [1.29, 1.82) is 0 Å². The fourth-order valence-electron chi connectivity index (χ4n) is 1.40. The van der Waals surface area contributed by atoms with E-state index in [1.807, 2.05) is 0 Å². The second-order valence-corrected chi connectivity index (χ2v) is 4.30. The number of nitrogens with zero attached hydrogens (tertiary/aromatic N) is 2. The molecule has 2 rings (SSSR count). The fraction of sp³-hybridized carbons (Fsp3) is 0.182. The largest absolute Gasteiger partial charge is 0.351 e. The highest BCUT2D eigenvalue weighted by atomic mass is 32.1. The first kappa shape index (κ1) is 11.5. The molecule has 1 amide bonds. The van der Waals surface area contributed by atoms with Gasteiger partial charge in [-0.3, -0.25) is 14.2 Å². The van der Waals surface area contributed by atoms with Crippen molar-refractivity contribution in [2.24, 2.45) is 0 Å². The lowest BCUT2D eigenvalue weighted by molar-refractivity contribution is -0.121. The van der Waals surface area contributed by atoms with E-state index in [0.29, 0.717) is 16.8 Å². The number of rotatable bonds is 4. The van der Waals surface area contributed by atoms with Crippen molar-refractivity contribution in [2.45, 2.75) is 6.54 Å². The Morgan fingerprint density at radius 3 is 3.24 bits per heavy atom. The number of nitrogens with one attached hydrogen (secondary N) is 1. The van der Waals surface area contributed by atoms with Gasteiger partial charge >= 0.3 is 0 Å². The van der Waals surface area contributed by atoms with Gasteiger partial charge in [0.05, 0.1) is 11.7 Å². The van der Waals surface area contributed by atoms with Crippen LogP contribution in [-0.2, 0) is 11.3 Å². The van der Waals surface area contributed by atoms with Gasteiger partial charge in [0.2, 0.25) is 5.91 Å². The normalized spacial score (nSPS) is 10.4. The van der Waals surface area contributed by atoms with Crippen LogP contribution >= 0.6 is 11.3 Å². The Hall–Kier alpha value is -1.95. The topological polar surface area (TPSA) is 64.0 Å². The maximum atomic E-state index is 11.9. The average molecular weight is 249 g/mol. The number of carbonyl (C=O) groups is 1. The van der Waals surface area contributed by atoms with Crippen molar-refractivity contribution < 1.29 is 4.79 Å². The van der Waals surface area contributed by atoms with Crippen molar-refractivity contribution in [2.75, 3.05) is 6.54 Å². The van der Waals surface area contributed by atoms with Gasteiger partial charge in [-0.05, 0) is 11.4 Å². The molecule has 0 saturated heterocycles. The van der Waals surface area contributed by atoms with Crippen LogP contribution in [0.15, 0.2) is 35.2 Å². The van der Waals surface area contributed by atoms with Crippen LogP contribution in [0.1, 0.15) is 0 Å². The third-order valence-electron chi connectivity index (χ3n) is 2.21. The van der Waals surface area contributed by atoms with Gasteiger partial charge in [-0.15, -0.1) is 17.9 Å². The summed E-state index contributed by atoms with van der Waals surface area (Å²) >= 11 is 1.40. The Labute approximate surface area is 101 Å². The Bertz CT molecular complexity index is 614. The summed E-state index contributed by atoms with van der Waals surface area (Å²) in [6.45, 7) is 3.87. The number of aromatic nitrogens is 2. The molecule has 0 aliphatic heterocycles.